The first kappa shape index (κ1) is 14.4. The van der Waals surface area contributed by atoms with Crippen LogP contribution in [0.2, 0.25) is 0 Å². The third-order valence-electron chi connectivity index (χ3n) is 2.99. The van der Waals surface area contributed by atoms with Crippen LogP contribution in [0.15, 0.2) is 0 Å². The first-order valence-electron chi connectivity index (χ1n) is 5.99. The highest BCUT2D eigenvalue weighted by Crippen LogP contribution is 2.16. The molecule has 0 radical (unpaired) electrons. The normalized spacial score (nSPS) is 20.2. The molecule has 102 valence electrons. The van der Waals surface area contributed by atoms with Crippen LogP contribution in [0.25, 0.3) is 0 Å². The lowest BCUT2D eigenvalue weighted by Crippen LogP contribution is -2.42. The van der Waals surface area contributed by atoms with Gasteiger partial charge < -0.3 is 15.3 Å². The summed E-state index contributed by atoms with van der Waals surface area (Å²) in [5, 5.41) is 13.4. The Bertz CT molecular complexity index is 332. The van der Waals surface area contributed by atoms with Gasteiger partial charge in [0.2, 0.25) is 5.91 Å². The molecule has 0 aromatic heterocycles. The molecule has 1 heterocycles. The van der Waals surface area contributed by atoms with E-state index < -0.39 is 12.0 Å². The minimum atomic E-state index is -0.783. The number of nitrogens with one attached hydrogen (secondary N) is 2. The average Bonchev–Trinajstić information content (AvgIpc) is 2.36. The Morgan fingerprint density at radius 3 is 2.72 bits per heavy atom. The minimum Gasteiger partial charge on any atom is -0.481 e. The first-order chi connectivity index (χ1) is 8.52. The Kier molecular flexibility index (Phi) is 5.57. The highest BCUT2D eigenvalue weighted by molar-refractivity contribution is 5.94. The SMILES string of the molecule is CNC(=O)NC(=O)CCN1CCCC(C(=O)O)C1. The van der Waals surface area contributed by atoms with Gasteiger partial charge in [0.1, 0.15) is 0 Å². The molecule has 0 bridgehead atoms. The highest BCUT2D eigenvalue weighted by atomic mass is 16.4. The molecule has 1 unspecified atom stereocenters. The molecule has 0 spiro atoms. The molecule has 0 aliphatic carbocycles. The van der Waals surface area contributed by atoms with Crippen LogP contribution in [0.4, 0.5) is 4.79 Å². The third kappa shape index (κ3) is 4.70. The summed E-state index contributed by atoms with van der Waals surface area (Å²) in [5.74, 6) is -1.48. The second-order valence-electron chi connectivity index (χ2n) is 4.36. The number of urea groups is 1. The fourth-order valence-electron chi connectivity index (χ4n) is 1.97. The molecule has 1 aliphatic heterocycles. The molecule has 0 saturated carbocycles. The Morgan fingerprint density at radius 2 is 2.11 bits per heavy atom. The van der Waals surface area contributed by atoms with Gasteiger partial charge in [-0.1, -0.05) is 0 Å². The summed E-state index contributed by atoms with van der Waals surface area (Å²) in [5.41, 5.74) is 0. The summed E-state index contributed by atoms with van der Waals surface area (Å²) in [6, 6.07) is -0.526. The number of piperidine rings is 1. The molecule has 1 saturated heterocycles. The van der Waals surface area contributed by atoms with E-state index in [0.717, 1.165) is 13.0 Å². The van der Waals surface area contributed by atoms with Gasteiger partial charge in [0.15, 0.2) is 0 Å². The second kappa shape index (κ2) is 6.95. The zero-order chi connectivity index (χ0) is 13.5. The molecule has 3 N–H and O–H groups in total. The summed E-state index contributed by atoms with van der Waals surface area (Å²) in [7, 11) is 1.44. The zero-order valence-corrected chi connectivity index (χ0v) is 10.4. The summed E-state index contributed by atoms with van der Waals surface area (Å²) in [4.78, 5) is 35.0. The Labute approximate surface area is 106 Å². The molecule has 18 heavy (non-hydrogen) atoms. The quantitative estimate of drug-likeness (QED) is 0.638. The number of amides is 3. The van der Waals surface area contributed by atoms with Crippen molar-refractivity contribution in [3.05, 3.63) is 0 Å². The monoisotopic (exact) mass is 257 g/mol. The number of hydrogen-bond acceptors (Lipinski definition) is 4. The lowest BCUT2D eigenvalue weighted by molar-refractivity contribution is -0.143. The number of carboxylic acid groups (broad SMARTS) is 1. The molecule has 1 atom stereocenters. The van der Waals surface area contributed by atoms with E-state index in [4.69, 9.17) is 5.11 Å². The number of carbonyl (C=O) groups is 3. The maximum atomic E-state index is 11.4. The van der Waals surface area contributed by atoms with E-state index in [2.05, 4.69) is 10.6 Å². The number of likely N-dealkylation sites (tertiary alicyclic amines) is 1. The lowest BCUT2D eigenvalue weighted by atomic mass is 9.98. The van der Waals surface area contributed by atoms with Crippen molar-refractivity contribution in [1.82, 2.24) is 15.5 Å². The molecule has 3 amide bonds. The van der Waals surface area contributed by atoms with Gasteiger partial charge >= 0.3 is 12.0 Å². The molecule has 7 nitrogen and oxygen atoms in total. The van der Waals surface area contributed by atoms with Crippen LogP contribution in [-0.4, -0.2) is 54.6 Å². The van der Waals surface area contributed by atoms with Crippen molar-refractivity contribution in [3.8, 4) is 0 Å². The molecular weight excluding hydrogens is 238 g/mol. The number of hydrogen-bond donors (Lipinski definition) is 3. The van der Waals surface area contributed by atoms with E-state index in [1.165, 1.54) is 7.05 Å². The maximum Gasteiger partial charge on any atom is 0.321 e. The molecule has 7 heteroatoms. The predicted molar refractivity (Wildman–Crippen MR) is 64.0 cm³/mol. The van der Waals surface area contributed by atoms with Crippen molar-refractivity contribution < 1.29 is 19.5 Å². The summed E-state index contributed by atoms with van der Waals surface area (Å²) in [6.07, 6.45) is 1.71. The molecule has 0 aromatic carbocycles. The van der Waals surface area contributed by atoms with Gasteiger partial charge in [-0.05, 0) is 19.4 Å². The fourth-order valence-corrected chi connectivity index (χ4v) is 1.97. The summed E-state index contributed by atoms with van der Waals surface area (Å²) < 4.78 is 0. The first-order valence-corrected chi connectivity index (χ1v) is 5.99. The van der Waals surface area contributed by atoms with Gasteiger partial charge in [0.05, 0.1) is 5.92 Å². The second-order valence-corrected chi connectivity index (χ2v) is 4.36. The smallest absolute Gasteiger partial charge is 0.321 e. The molecule has 1 rings (SSSR count). The van der Waals surface area contributed by atoms with Crippen LogP contribution in [0.3, 0.4) is 0 Å². The van der Waals surface area contributed by atoms with E-state index in [0.29, 0.717) is 19.5 Å². The summed E-state index contributed by atoms with van der Waals surface area (Å²) >= 11 is 0. The van der Waals surface area contributed by atoms with Gasteiger partial charge in [-0.3, -0.25) is 14.9 Å². The summed E-state index contributed by atoms with van der Waals surface area (Å²) in [6.45, 7) is 1.76. The number of nitrogens with zero attached hydrogens (tertiary/aromatic N) is 1. The van der Waals surface area contributed by atoms with Crippen molar-refractivity contribution in [2.45, 2.75) is 19.3 Å². The third-order valence-corrected chi connectivity index (χ3v) is 2.99. The van der Waals surface area contributed by atoms with E-state index in [1.807, 2.05) is 4.90 Å². The molecule has 1 aliphatic rings. The maximum absolute atomic E-state index is 11.4. The van der Waals surface area contributed by atoms with Crippen molar-refractivity contribution in [2.75, 3.05) is 26.7 Å². The van der Waals surface area contributed by atoms with Crippen LogP contribution in [-0.2, 0) is 9.59 Å². The molecule has 0 aromatic rings. The topological polar surface area (TPSA) is 98.7 Å². The van der Waals surface area contributed by atoms with Crippen molar-refractivity contribution in [1.29, 1.82) is 0 Å². The Morgan fingerprint density at radius 1 is 1.39 bits per heavy atom. The number of imide groups is 1. The van der Waals surface area contributed by atoms with Gasteiger partial charge in [0.25, 0.3) is 0 Å². The van der Waals surface area contributed by atoms with E-state index in [1.54, 1.807) is 0 Å². The van der Waals surface area contributed by atoms with Crippen molar-refractivity contribution in [2.24, 2.45) is 5.92 Å². The van der Waals surface area contributed by atoms with Gasteiger partial charge in [-0.25, -0.2) is 4.79 Å². The minimum absolute atomic E-state index is 0.194. The van der Waals surface area contributed by atoms with E-state index in [-0.39, 0.29) is 18.2 Å². The van der Waals surface area contributed by atoms with Gasteiger partial charge in [0, 0.05) is 26.6 Å². The Hall–Kier alpha value is -1.63. The van der Waals surface area contributed by atoms with Crippen LogP contribution < -0.4 is 10.6 Å². The van der Waals surface area contributed by atoms with Crippen LogP contribution in [0, 0.1) is 5.92 Å². The van der Waals surface area contributed by atoms with Crippen LogP contribution >= 0.6 is 0 Å². The largest absolute Gasteiger partial charge is 0.481 e. The number of rotatable bonds is 4. The molecular formula is C11H19N3O4. The standard InChI is InChI=1S/C11H19N3O4/c1-12-11(18)13-9(15)4-6-14-5-2-3-8(7-14)10(16)17/h8H,2-7H2,1H3,(H,16,17)(H2,12,13,15,18). The fraction of sp³-hybridized carbons (Fsp3) is 0.727. The van der Waals surface area contributed by atoms with Gasteiger partial charge in [-0.2, -0.15) is 0 Å². The van der Waals surface area contributed by atoms with E-state index >= 15 is 0 Å². The zero-order valence-electron chi connectivity index (χ0n) is 10.4. The lowest BCUT2D eigenvalue weighted by Gasteiger charge is -2.30. The van der Waals surface area contributed by atoms with Crippen LogP contribution in [0.1, 0.15) is 19.3 Å². The Balaban J connectivity index is 2.28. The average molecular weight is 257 g/mol. The van der Waals surface area contributed by atoms with Crippen LogP contribution in [0.5, 0.6) is 0 Å². The molecule has 1 fully saturated rings. The van der Waals surface area contributed by atoms with Crippen molar-refractivity contribution >= 4 is 17.9 Å². The number of carbonyl (C=O) groups excluding carboxylic acids is 2. The highest BCUT2D eigenvalue weighted by Gasteiger charge is 2.25. The number of carboxylic acids is 1. The van der Waals surface area contributed by atoms with E-state index in [9.17, 15) is 14.4 Å². The number of aliphatic carboxylic acids is 1. The van der Waals surface area contributed by atoms with Gasteiger partial charge in [-0.15, -0.1) is 0 Å². The predicted octanol–water partition coefficient (Wildman–Crippen LogP) is -0.371. The van der Waals surface area contributed by atoms with Crippen molar-refractivity contribution in [3.63, 3.8) is 0 Å².